The summed E-state index contributed by atoms with van der Waals surface area (Å²) in [6, 6.07) is 13.5. The summed E-state index contributed by atoms with van der Waals surface area (Å²) in [5.41, 5.74) is 1.96. The van der Waals surface area contributed by atoms with E-state index in [9.17, 15) is 0 Å². The molecule has 112 valence electrons. The molecule has 0 aromatic heterocycles. The average molecular weight is 306 g/mol. The summed E-state index contributed by atoms with van der Waals surface area (Å²) in [4.78, 5) is 0. The Morgan fingerprint density at radius 2 is 1.86 bits per heavy atom. The van der Waals surface area contributed by atoms with Crippen molar-refractivity contribution in [1.82, 2.24) is 0 Å². The molecule has 2 aromatic rings. The minimum Gasteiger partial charge on any atom is -0.496 e. The van der Waals surface area contributed by atoms with E-state index in [1.807, 2.05) is 56.3 Å². The Morgan fingerprint density at radius 3 is 2.57 bits per heavy atom. The van der Waals surface area contributed by atoms with Crippen molar-refractivity contribution in [2.75, 3.05) is 12.4 Å². The number of halogens is 1. The van der Waals surface area contributed by atoms with Gasteiger partial charge in [-0.15, -0.1) is 0 Å². The summed E-state index contributed by atoms with van der Waals surface area (Å²) in [6.07, 6.45) is 0.133. The van der Waals surface area contributed by atoms with E-state index in [4.69, 9.17) is 21.1 Å². The molecule has 0 aliphatic heterocycles. The number of anilines is 1. The molecule has 21 heavy (non-hydrogen) atoms. The zero-order chi connectivity index (χ0) is 15.2. The van der Waals surface area contributed by atoms with E-state index in [2.05, 4.69) is 5.32 Å². The molecule has 0 heterocycles. The van der Waals surface area contributed by atoms with Crippen molar-refractivity contribution in [1.29, 1.82) is 0 Å². The average Bonchev–Trinajstić information content (AvgIpc) is 2.46. The maximum atomic E-state index is 6.05. The van der Waals surface area contributed by atoms with Crippen LogP contribution < -0.4 is 14.8 Å². The van der Waals surface area contributed by atoms with Gasteiger partial charge in [0.1, 0.15) is 11.5 Å². The molecule has 0 unspecified atom stereocenters. The van der Waals surface area contributed by atoms with Gasteiger partial charge in [0, 0.05) is 17.1 Å². The minimum atomic E-state index is 0.133. The molecular formula is C17H20ClNO2. The third kappa shape index (κ3) is 4.30. The van der Waals surface area contributed by atoms with Crippen LogP contribution in [0.25, 0.3) is 0 Å². The van der Waals surface area contributed by atoms with E-state index in [-0.39, 0.29) is 6.10 Å². The van der Waals surface area contributed by atoms with Crippen molar-refractivity contribution in [2.45, 2.75) is 26.5 Å². The maximum Gasteiger partial charge on any atom is 0.142 e. The van der Waals surface area contributed by atoms with E-state index in [0.717, 1.165) is 22.7 Å². The molecular weight excluding hydrogens is 286 g/mol. The molecule has 0 amide bonds. The number of ether oxygens (including phenoxy) is 2. The quantitative estimate of drug-likeness (QED) is 0.835. The van der Waals surface area contributed by atoms with E-state index in [1.54, 1.807) is 7.11 Å². The van der Waals surface area contributed by atoms with E-state index < -0.39 is 0 Å². The van der Waals surface area contributed by atoms with Crippen LogP contribution in [0.4, 0.5) is 5.69 Å². The molecule has 0 bridgehead atoms. The fraction of sp³-hybridized carbons (Fsp3) is 0.294. The van der Waals surface area contributed by atoms with Crippen molar-refractivity contribution >= 4 is 17.3 Å². The largest absolute Gasteiger partial charge is 0.496 e. The van der Waals surface area contributed by atoms with Crippen LogP contribution in [-0.2, 0) is 6.54 Å². The molecule has 0 saturated carbocycles. The van der Waals surface area contributed by atoms with Crippen LogP contribution in [0.15, 0.2) is 42.5 Å². The molecule has 0 spiro atoms. The van der Waals surface area contributed by atoms with Gasteiger partial charge in [0.2, 0.25) is 0 Å². The first-order valence-corrected chi connectivity index (χ1v) is 7.30. The van der Waals surface area contributed by atoms with Crippen LogP contribution in [0.2, 0.25) is 5.02 Å². The number of hydrogen-bond donors (Lipinski definition) is 1. The number of benzene rings is 2. The Balaban J connectivity index is 2.15. The minimum absolute atomic E-state index is 0.133. The van der Waals surface area contributed by atoms with Gasteiger partial charge in [-0.2, -0.15) is 0 Å². The molecule has 1 N–H and O–H groups in total. The molecule has 3 nitrogen and oxygen atoms in total. The number of methoxy groups -OCH3 is 1. The molecule has 2 aromatic carbocycles. The van der Waals surface area contributed by atoms with Crippen LogP contribution in [0.5, 0.6) is 11.5 Å². The highest BCUT2D eigenvalue weighted by molar-refractivity contribution is 6.30. The first-order valence-electron chi connectivity index (χ1n) is 6.92. The molecule has 0 radical (unpaired) electrons. The maximum absolute atomic E-state index is 6.05. The van der Waals surface area contributed by atoms with Crippen molar-refractivity contribution < 1.29 is 9.47 Å². The van der Waals surface area contributed by atoms with E-state index in [0.29, 0.717) is 11.6 Å². The van der Waals surface area contributed by atoms with Gasteiger partial charge in [-0.25, -0.2) is 0 Å². The zero-order valence-corrected chi connectivity index (χ0v) is 13.3. The van der Waals surface area contributed by atoms with Crippen LogP contribution in [-0.4, -0.2) is 13.2 Å². The molecule has 0 aliphatic rings. The highest BCUT2D eigenvalue weighted by Gasteiger charge is 2.07. The van der Waals surface area contributed by atoms with Crippen molar-refractivity contribution in [3.63, 3.8) is 0 Å². The highest BCUT2D eigenvalue weighted by Crippen LogP contribution is 2.28. The monoisotopic (exact) mass is 305 g/mol. The highest BCUT2D eigenvalue weighted by atomic mass is 35.5. The van der Waals surface area contributed by atoms with E-state index >= 15 is 0 Å². The molecule has 4 heteroatoms. The third-order valence-electron chi connectivity index (χ3n) is 2.96. The van der Waals surface area contributed by atoms with Gasteiger partial charge in [0.15, 0.2) is 0 Å². The Hall–Kier alpha value is -1.87. The lowest BCUT2D eigenvalue weighted by molar-refractivity contribution is 0.243. The predicted molar refractivity (Wildman–Crippen MR) is 87.5 cm³/mol. The topological polar surface area (TPSA) is 30.5 Å². The van der Waals surface area contributed by atoms with Crippen molar-refractivity contribution in [3.05, 3.63) is 53.1 Å². The van der Waals surface area contributed by atoms with E-state index in [1.165, 1.54) is 0 Å². The molecule has 0 saturated heterocycles. The zero-order valence-electron chi connectivity index (χ0n) is 12.5. The molecule has 0 aliphatic carbocycles. The summed E-state index contributed by atoms with van der Waals surface area (Å²) in [5, 5.41) is 4.07. The first-order chi connectivity index (χ1) is 10.1. The Labute approximate surface area is 130 Å². The lowest BCUT2D eigenvalue weighted by Gasteiger charge is -2.16. The van der Waals surface area contributed by atoms with Gasteiger partial charge in [-0.1, -0.05) is 23.7 Å². The van der Waals surface area contributed by atoms with Gasteiger partial charge in [0.05, 0.1) is 18.9 Å². The van der Waals surface area contributed by atoms with Crippen LogP contribution in [0.1, 0.15) is 19.4 Å². The lowest BCUT2D eigenvalue weighted by Crippen LogP contribution is -2.09. The van der Waals surface area contributed by atoms with Crippen LogP contribution >= 0.6 is 11.6 Å². The van der Waals surface area contributed by atoms with Crippen molar-refractivity contribution in [2.24, 2.45) is 0 Å². The Bertz CT molecular complexity index is 599. The normalized spacial score (nSPS) is 10.5. The number of nitrogens with one attached hydrogen (secondary N) is 1. The number of rotatable bonds is 6. The first kappa shape index (κ1) is 15.5. The van der Waals surface area contributed by atoms with Gasteiger partial charge in [0.25, 0.3) is 0 Å². The summed E-state index contributed by atoms with van der Waals surface area (Å²) >= 11 is 6.05. The van der Waals surface area contributed by atoms with Crippen LogP contribution in [0, 0.1) is 0 Å². The summed E-state index contributed by atoms with van der Waals surface area (Å²) in [7, 11) is 1.66. The predicted octanol–water partition coefficient (Wildman–Crippen LogP) is 4.75. The summed E-state index contributed by atoms with van der Waals surface area (Å²) in [5.74, 6) is 1.66. The second-order valence-corrected chi connectivity index (χ2v) is 5.41. The fourth-order valence-electron chi connectivity index (χ4n) is 2.05. The van der Waals surface area contributed by atoms with Gasteiger partial charge < -0.3 is 14.8 Å². The van der Waals surface area contributed by atoms with Gasteiger partial charge >= 0.3 is 0 Å². The second-order valence-electron chi connectivity index (χ2n) is 4.97. The summed E-state index contributed by atoms with van der Waals surface area (Å²) < 4.78 is 11.1. The smallest absolute Gasteiger partial charge is 0.142 e. The molecule has 0 atom stereocenters. The fourth-order valence-corrected chi connectivity index (χ4v) is 2.24. The van der Waals surface area contributed by atoms with Crippen molar-refractivity contribution in [3.8, 4) is 11.5 Å². The molecule has 0 fully saturated rings. The lowest BCUT2D eigenvalue weighted by atomic mass is 10.2. The number of para-hydroxylation sites is 2. The SMILES string of the molecule is COc1ccc(Cl)cc1CNc1ccccc1OC(C)C. The standard InChI is InChI=1S/C17H20ClNO2/c1-12(2)21-17-7-5-4-6-15(17)19-11-13-10-14(18)8-9-16(13)20-3/h4-10,12,19H,11H2,1-3H3. The molecule has 2 rings (SSSR count). The van der Waals surface area contributed by atoms with Gasteiger partial charge in [-0.3, -0.25) is 0 Å². The van der Waals surface area contributed by atoms with Gasteiger partial charge in [-0.05, 0) is 44.2 Å². The summed E-state index contributed by atoms with van der Waals surface area (Å²) in [6.45, 7) is 4.63. The number of hydrogen-bond acceptors (Lipinski definition) is 3. The Morgan fingerprint density at radius 1 is 1.10 bits per heavy atom. The third-order valence-corrected chi connectivity index (χ3v) is 3.20. The Kier molecular flexibility index (Phi) is 5.34. The second kappa shape index (κ2) is 7.23. The van der Waals surface area contributed by atoms with Crippen LogP contribution in [0.3, 0.4) is 0 Å².